The van der Waals surface area contributed by atoms with Crippen LogP contribution in [0, 0.1) is 0 Å². The van der Waals surface area contributed by atoms with Gasteiger partial charge in [0.15, 0.2) is 0 Å². The van der Waals surface area contributed by atoms with Crippen LogP contribution in [0.25, 0.3) is 0 Å². The van der Waals surface area contributed by atoms with Gasteiger partial charge in [-0.1, -0.05) is 0 Å². The van der Waals surface area contributed by atoms with E-state index in [0.29, 0.717) is 0 Å². The van der Waals surface area contributed by atoms with E-state index in [2.05, 4.69) is 0 Å². The van der Waals surface area contributed by atoms with Crippen LogP contribution in [-0.2, 0) is 44.1 Å². The number of rotatable bonds is 0. The minimum atomic E-state index is -2.86. The SMILES string of the molecule is O=S([O-])O.[Y]. The van der Waals surface area contributed by atoms with E-state index < -0.39 is 11.4 Å². The first-order valence-corrected chi connectivity index (χ1v) is 1.55. The van der Waals surface area contributed by atoms with Gasteiger partial charge in [0.05, 0.1) is 11.4 Å². The second kappa shape index (κ2) is 5.17. The van der Waals surface area contributed by atoms with Gasteiger partial charge in [0.1, 0.15) is 0 Å². The van der Waals surface area contributed by atoms with Crippen molar-refractivity contribution < 1.29 is 46.0 Å². The molecule has 0 aliphatic rings. The van der Waals surface area contributed by atoms with Crippen LogP contribution in [0.1, 0.15) is 0 Å². The van der Waals surface area contributed by atoms with Crippen molar-refractivity contribution in [3.05, 3.63) is 0 Å². The maximum Gasteiger partial charge on any atom is 0.0814 e. The van der Waals surface area contributed by atoms with Gasteiger partial charge < -0.3 is 9.11 Å². The van der Waals surface area contributed by atoms with E-state index in [0.717, 1.165) is 0 Å². The first kappa shape index (κ1) is 9.49. The molecular formula is HO3SY-. The zero-order valence-electron chi connectivity index (χ0n) is 2.25. The van der Waals surface area contributed by atoms with Gasteiger partial charge in [-0.25, -0.2) is 4.21 Å². The normalized spacial score (nSPS) is 12.4. The minimum absolute atomic E-state index is 0. The molecule has 0 heterocycles. The fraction of sp³-hybridized carbons (Fsp3) is 0. The summed E-state index contributed by atoms with van der Waals surface area (Å²) in [5.74, 6) is 0. The van der Waals surface area contributed by atoms with Crippen molar-refractivity contribution in [3.63, 3.8) is 0 Å². The Balaban J connectivity index is 0. The Bertz CT molecular complexity index is 29.9. The van der Waals surface area contributed by atoms with Gasteiger partial charge in [0, 0.05) is 32.7 Å². The van der Waals surface area contributed by atoms with E-state index >= 15 is 0 Å². The van der Waals surface area contributed by atoms with Crippen LogP contribution in [0.5, 0.6) is 0 Å². The summed E-state index contributed by atoms with van der Waals surface area (Å²) >= 11 is -2.86. The van der Waals surface area contributed by atoms with Crippen LogP contribution in [0.3, 0.4) is 0 Å². The molecule has 5 heteroatoms. The van der Waals surface area contributed by atoms with Gasteiger partial charge in [-0.05, 0) is 0 Å². The van der Waals surface area contributed by atoms with Crippen LogP contribution in [0.15, 0.2) is 0 Å². The third-order valence-corrected chi connectivity index (χ3v) is 0. The van der Waals surface area contributed by atoms with Crippen molar-refractivity contribution in [2.24, 2.45) is 0 Å². The zero-order chi connectivity index (χ0) is 3.58. The molecule has 0 fully saturated rings. The predicted molar refractivity (Wildman–Crippen MR) is 11.5 cm³/mol. The van der Waals surface area contributed by atoms with E-state index in [1.54, 1.807) is 0 Å². The summed E-state index contributed by atoms with van der Waals surface area (Å²) < 4.78 is 24.1. The van der Waals surface area contributed by atoms with Gasteiger partial charge >= 0.3 is 0 Å². The number of hydrogen-bond donors (Lipinski definition) is 1. The molecule has 1 atom stereocenters. The molecule has 0 aliphatic heterocycles. The van der Waals surface area contributed by atoms with Crippen molar-refractivity contribution >= 4 is 11.4 Å². The maximum atomic E-state index is 8.56. The van der Waals surface area contributed by atoms with Crippen molar-refractivity contribution in [2.75, 3.05) is 0 Å². The Labute approximate surface area is 57.1 Å². The molecule has 0 aromatic carbocycles. The first-order valence-electron chi connectivity index (χ1n) is 0.516. The average molecular weight is 170 g/mol. The molecule has 0 aromatic rings. The molecule has 3 nitrogen and oxygen atoms in total. The van der Waals surface area contributed by atoms with E-state index in [4.69, 9.17) is 13.3 Å². The molecule has 0 aromatic heterocycles. The van der Waals surface area contributed by atoms with Crippen LogP contribution >= 0.6 is 0 Å². The summed E-state index contributed by atoms with van der Waals surface area (Å²) in [6.07, 6.45) is 0. The monoisotopic (exact) mass is 170 g/mol. The molecule has 0 bridgehead atoms. The van der Waals surface area contributed by atoms with Crippen LogP contribution in [0.4, 0.5) is 0 Å². The topological polar surface area (TPSA) is 60.4 Å². The molecule has 0 saturated heterocycles. The Morgan fingerprint density at radius 2 is 1.80 bits per heavy atom. The van der Waals surface area contributed by atoms with E-state index in [9.17, 15) is 0 Å². The van der Waals surface area contributed by atoms with Crippen molar-refractivity contribution in [1.82, 2.24) is 0 Å². The fourth-order valence-electron chi connectivity index (χ4n) is 0. The zero-order valence-corrected chi connectivity index (χ0v) is 5.90. The van der Waals surface area contributed by atoms with E-state index in [-0.39, 0.29) is 32.7 Å². The minimum Gasteiger partial charge on any atom is -0.750 e. The predicted octanol–water partition coefficient (Wildman–Crippen LogP) is -0.664. The molecule has 0 saturated carbocycles. The van der Waals surface area contributed by atoms with Gasteiger partial charge in [0.25, 0.3) is 0 Å². The Kier molecular flexibility index (Phi) is 9.82. The summed E-state index contributed by atoms with van der Waals surface area (Å²) in [6.45, 7) is 0. The summed E-state index contributed by atoms with van der Waals surface area (Å²) in [7, 11) is 0. The smallest absolute Gasteiger partial charge is 0.0814 e. The standard InChI is InChI=1S/H2O3S.Y/c1-4(2)3;/h(H2,1,2,3);/p-1. The van der Waals surface area contributed by atoms with Gasteiger partial charge in [-0.15, -0.1) is 0 Å². The molecule has 1 radical (unpaired) electrons. The average Bonchev–Trinajstić information content (AvgIpc) is 0.811. The third kappa shape index (κ3) is 37.8. The Morgan fingerprint density at radius 1 is 1.80 bits per heavy atom. The first-order chi connectivity index (χ1) is 1.73. The summed E-state index contributed by atoms with van der Waals surface area (Å²) in [4.78, 5) is 0. The Morgan fingerprint density at radius 3 is 1.80 bits per heavy atom. The summed E-state index contributed by atoms with van der Waals surface area (Å²) in [6, 6.07) is 0. The van der Waals surface area contributed by atoms with Crippen LogP contribution < -0.4 is 0 Å². The quantitative estimate of drug-likeness (QED) is 0.490. The van der Waals surface area contributed by atoms with Gasteiger partial charge in [-0.3, -0.25) is 0 Å². The molecule has 1 unspecified atom stereocenters. The van der Waals surface area contributed by atoms with Crippen molar-refractivity contribution in [3.8, 4) is 0 Å². The van der Waals surface area contributed by atoms with Gasteiger partial charge in [0.2, 0.25) is 0 Å². The molecule has 29 valence electrons. The molecule has 0 aliphatic carbocycles. The van der Waals surface area contributed by atoms with Crippen molar-refractivity contribution in [1.29, 1.82) is 0 Å². The van der Waals surface area contributed by atoms with Crippen molar-refractivity contribution in [2.45, 2.75) is 0 Å². The number of hydrogen-bond acceptors (Lipinski definition) is 2. The second-order valence-electron chi connectivity index (χ2n) is 0.217. The molecule has 1 N–H and O–H groups in total. The van der Waals surface area contributed by atoms with Gasteiger partial charge in [-0.2, -0.15) is 0 Å². The molecule has 0 spiro atoms. The summed E-state index contributed by atoms with van der Waals surface area (Å²) in [5.41, 5.74) is 0. The maximum absolute atomic E-state index is 8.56. The summed E-state index contributed by atoms with van der Waals surface area (Å²) in [5, 5.41) is 0. The Hall–Kier alpha value is 1.17. The largest absolute Gasteiger partial charge is 0.750 e. The molecular weight excluding hydrogens is 169 g/mol. The molecule has 0 amide bonds. The van der Waals surface area contributed by atoms with E-state index in [1.807, 2.05) is 0 Å². The van der Waals surface area contributed by atoms with Crippen LogP contribution in [0.2, 0.25) is 0 Å². The molecule has 5 heavy (non-hydrogen) atoms. The third-order valence-electron chi connectivity index (χ3n) is 0. The van der Waals surface area contributed by atoms with E-state index in [1.165, 1.54) is 0 Å². The molecule has 0 rings (SSSR count). The second-order valence-corrected chi connectivity index (χ2v) is 0.651. The fourth-order valence-corrected chi connectivity index (χ4v) is 0. The van der Waals surface area contributed by atoms with Crippen LogP contribution in [-0.4, -0.2) is 13.3 Å².